The van der Waals surface area contributed by atoms with Crippen LogP contribution in [-0.4, -0.2) is 16.1 Å². The van der Waals surface area contributed by atoms with E-state index < -0.39 is 0 Å². The van der Waals surface area contributed by atoms with E-state index in [0.717, 1.165) is 18.2 Å². The first-order chi connectivity index (χ1) is 7.72. The highest BCUT2D eigenvalue weighted by atomic mass is 15.1. The van der Waals surface area contributed by atoms with Crippen molar-refractivity contribution in [1.82, 2.24) is 14.9 Å². The van der Waals surface area contributed by atoms with E-state index in [2.05, 4.69) is 30.2 Å². The minimum absolute atomic E-state index is 0.231. The van der Waals surface area contributed by atoms with E-state index in [4.69, 9.17) is 0 Å². The molecule has 1 aliphatic carbocycles. The normalized spacial score (nSPS) is 17.4. The molecule has 1 aromatic rings. The summed E-state index contributed by atoms with van der Waals surface area (Å²) < 4.78 is 2.05. The number of nitriles is 1. The third-order valence-electron chi connectivity index (χ3n) is 2.98. The molecule has 1 fully saturated rings. The van der Waals surface area contributed by atoms with Crippen LogP contribution in [0.25, 0.3) is 0 Å². The molecule has 1 aliphatic rings. The predicted octanol–water partition coefficient (Wildman–Crippen LogP) is 2.03. The van der Waals surface area contributed by atoms with Crippen molar-refractivity contribution in [3.63, 3.8) is 0 Å². The van der Waals surface area contributed by atoms with Crippen LogP contribution in [0.15, 0.2) is 12.5 Å². The molecule has 1 atom stereocenters. The fourth-order valence-electron chi connectivity index (χ4n) is 1.79. The predicted molar refractivity (Wildman–Crippen MR) is 61.7 cm³/mol. The van der Waals surface area contributed by atoms with Crippen molar-refractivity contribution in [2.75, 3.05) is 6.54 Å². The fourth-order valence-corrected chi connectivity index (χ4v) is 1.79. The summed E-state index contributed by atoms with van der Waals surface area (Å²) in [6.45, 7) is 5.14. The van der Waals surface area contributed by atoms with E-state index in [1.54, 1.807) is 12.5 Å². The Morgan fingerprint density at radius 3 is 2.94 bits per heavy atom. The quantitative estimate of drug-likeness (QED) is 0.822. The van der Waals surface area contributed by atoms with Gasteiger partial charge in [-0.3, -0.25) is 5.32 Å². The minimum atomic E-state index is -0.231. The van der Waals surface area contributed by atoms with Gasteiger partial charge in [-0.25, -0.2) is 4.98 Å². The lowest BCUT2D eigenvalue weighted by molar-refractivity contribution is 0.517. The summed E-state index contributed by atoms with van der Waals surface area (Å²) in [7, 11) is 0. The summed E-state index contributed by atoms with van der Waals surface area (Å²) in [5.74, 6) is 0.784. The molecule has 2 rings (SSSR count). The van der Waals surface area contributed by atoms with Gasteiger partial charge in [0.05, 0.1) is 24.3 Å². The topological polar surface area (TPSA) is 53.6 Å². The van der Waals surface area contributed by atoms with E-state index in [9.17, 15) is 5.26 Å². The van der Waals surface area contributed by atoms with Gasteiger partial charge in [-0.15, -0.1) is 0 Å². The standard InChI is InChI=1S/C12H18N4/c1-9(2)16-8-14-7-12(16)11(5-13)15-6-10-3-4-10/h7-11,15H,3-4,6H2,1-2H3. The highest BCUT2D eigenvalue weighted by Gasteiger charge is 2.24. The molecule has 4 nitrogen and oxygen atoms in total. The van der Waals surface area contributed by atoms with Gasteiger partial charge < -0.3 is 4.57 Å². The number of imidazole rings is 1. The maximum atomic E-state index is 9.18. The second-order valence-electron chi connectivity index (χ2n) is 4.73. The van der Waals surface area contributed by atoms with Crippen molar-refractivity contribution in [1.29, 1.82) is 5.26 Å². The number of hydrogen-bond acceptors (Lipinski definition) is 3. The lowest BCUT2D eigenvalue weighted by atomic mass is 10.2. The van der Waals surface area contributed by atoms with Crippen LogP contribution in [0.3, 0.4) is 0 Å². The van der Waals surface area contributed by atoms with Crippen LogP contribution < -0.4 is 5.32 Å². The molecule has 0 aromatic carbocycles. The molecule has 16 heavy (non-hydrogen) atoms. The van der Waals surface area contributed by atoms with Crippen molar-refractivity contribution < 1.29 is 0 Å². The molecule has 1 heterocycles. The van der Waals surface area contributed by atoms with Crippen molar-refractivity contribution in [2.45, 2.75) is 38.8 Å². The second kappa shape index (κ2) is 4.67. The van der Waals surface area contributed by atoms with Crippen molar-refractivity contribution >= 4 is 0 Å². The SMILES string of the molecule is CC(C)n1cncc1C(C#N)NCC1CC1. The second-order valence-corrected chi connectivity index (χ2v) is 4.73. The summed E-state index contributed by atoms with van der Waals surface area (Å²) >= 11 is 0. The van der Waals surface area contributed by atoms with E-state index >= 15 is 0 Å². The summed E-state index contributed by atoms with van der Waals surface area (Å²) in [6.07, 6.45) is 6.18. The number of hydrogen-bond donors (Lipinski definition) is 1. The fraction of sp³-hybridized carbons (Fsp3) is 0.667. The Morgan fingerprint density at radius 1 is 1.62 bits per heavy atom. The van der Waals surface area contributed by atoms with E-state index in [1.165, 1.54) is 12.8 Å². The van der Waals surface area contributed by atoms with Gasteiger partial charge in [-0.2, -0.15) is 5.26 Å². The zero-order chi connectivity index (χ0) is 11.5. The number of aromatic nitrogens is 2. The first kappa shape index (κ1) is 11.2. The highest BCUT2D eigenvalue weighted by molar-refractivity contribution is 5.14. The van der Waals surface area contributed by atoms with Crippen LogP contribution in [0.1, 0.15) is 44.5 Å². The molecule has 1 aromatic heterocycles. The number of nitrogens with zero attached hydrogens (tertiary/aromatic N) is 3. The first-order valence-electron chi connectivity index (χ1n) is 5.87. The Balaban J connectivity index is 2.06. The Bertz CT molecular complexity index is 384. The Labute approximate surface area is 96.3 Å². The van der Waals surface area contributed by atoms with Gasteiger partial charge >= 0.3 is 0 Å². The van der Waals surface area contributed by atoms with Gasteiger partial charge in [0.15, 0.2) is 0 Å². The largest absolute Gasteiger partial charge is 0.330 e. The average Bonchev–Trinajstić information content (AvgIpc) is 2.94. The Hall–Kier alpha value is -1.34. The maximum Gasteiger partial charge on any atom is 0.138 e. The Morgan fingerprint density at radius 2 is 2.38 bits per heavy atom. The van der Waals surface area contributed by atoms with Gasteiger partial charge in [0, 0.05) is 6.04 Å². The molecule has 4 heteroatoms. The third-order valence-corrected chi connectivity index (χ3v) is 2.98. The molecule has 0 aliphatic heterocycles. The van der Waals surface area contributed by atoms with Crippen LogP contribution >= 0.6 is 0 Å². The molecule has 1 unspecified atom stereocenters. The van der Waals surface area contributed by atoms with Gasteiger partial charge in [-0.1, -0.05) is 0 Å². The van der Waals surface area contributed by atoms with Crippen molar-refractivity contribution in [2.24, 2.45) is 5.92 Å². The van der Waals surface area contributed by atoms with E-state index in [1.807, 2.05) is 4.57 Å². The molecular formula is C12H18N4. The lowest BCUT2D eigenvalue weighted by Crippen LogP contribution is -2.24. The molecule has 0 spiro atoms. The first-order valence-corrected chi connectivity index (χ1v) is 5.87. The summed E-state index contributed by atoms with van der Waals surface area (Å²) in [6, 6.07) is 2.42. The molecule has 0 radical (unpaired) electrons. The van der Waals surface area contributed by atoms with Gasteiger partial charge in [0.1, 0.15) is 6.04 Å². The minimum Gasteiger partial charge on any atom is -0.330 e. The lowest BCUT2D eigenvalue weighted by Gasteiger charge is -2.16. The number of rotatable bonds is 5. The van der Waals surface area contributed by atoms with Crippen LogP contribution in [0, 0.1) is 17.2 Å². The van der Waals surface area contributed by atoms with Gasteiger partial charge in [0.2, 0.25) is 0 Å². The monoisotopic (exact) mass is 218 g/mol. The molecule has 86 valence electrons. The molecule has 1 N–H and O–H groups in total. The smallest absolute Gasteiger partial charge is 0.138 e. The zero-order valence-electron chi connectivity index (χ0n) is 9.85. The summed E-state index contributed by atoms with van der Waals surface area (Å²) in [5.41, 5.74) is 0.971. The van der Waals surface area contributed by atoms with Crippen LogP contribution in [0.2, 0.25) is 0 Å². The number of nitrogens with one attached hydrogen (secondary N) is 1. The van der Waals surface area contributed by atoms with Gasteiger partial charge in [0.25, 0.3) is 0 Å². The molecule has 1 saturated carbocycles. The summed E-state index contributed by atoms with van der Waals surface area (Å²) in [5, 5.41) is 12.5. The average molecular weight is 218 g/mol. The van der Waals surface area contributed by atoms with Gasteiger partial charge in [-0.05, 0) is 39.2 Å². The molecule has 0 bridgehead atoms. The van der Waals surface area contributed by atoms with Crippen LogP contribution in [0.5, 0.6) is 0 Å². The molecule has 0 amide bonds. The van der Waals surface area contributed by atoms with Crippen molar-refractivity contribution in [3.8, 4) is 6.07 Å². The third kappa shape index (κ3) is 2.42. The van der Waals surface area contributed by atoms with E-state index in [-0.39, 0.29) is 6.04 Å². The maximum absolute atomic E-state index is 9.18. The Kier molecular flexibility index (Phi) is 3.25. The van der Waals surface area contributed by atoms with E-state index in [0.29, 0.717) is 6.04 Å². The molecular weight excluding hydrogens is 200 g/mol. The molecule has 0 saturated heterocycles. The van der Waals surface area contributed by atoms with Crippen molar-refractivity contribution in [3.05, 3.63) is 18.2 Å². The zero-order valence-corrected chi connectivity index (χ0v) is 9.85. The van der Waals surface area contributed by atoms with Crippen LogP contribution in [0.4, 0.5) is 0 Å². The summed E-state index contributed by atoms with van der Waals surface area (Å²) in [4.78, 5) is 4.13. The highest BCUT2D eigenvalue weighted by Crippen LogP contribution is 2.28. The van der Waals surface area contributed by atoms with Crippen LogP contribution in [-0.2, 0) is 0 Å².